The molecule has 1 unspecified atom stereocenters. The Balaban J connectivity index is 2.54. The third kappa shape index (κ3) is 4.54. The number of carboxylic acid groups (broad SMARTS) is 1. The van der Waals surface area contributed by atoms with Crippen molar-refractivity contribution >= 4 is 12.0 Å². The van der Waals surface area contributed by atoms with Crippen molar-refractivity contribution in [2.75, 3.05) is 20.8 Å². The Morgan fingerprint density at radius 2 is 2.26 bits per heavy atom. The van der Waals surface area contributed by atoms with Crippen LogP contribution in [-0.4, -0.2) is 64.0 Å². The third-order valence-electron chi connectivity index (χ3n) is 2.30. The van der Waals surface area contributed by atoms with E-state index in [-0.39, 0.29) is 13.2 Å². The molecule has 1 rings (SSSR count). The van der Waals surface area contributed by atoms with E-state index in [9.17, 15) is 9.59 Å². The number of amides is 2. The van der Waals surface area contributed by atoms with Gasteiger partial charge in [-0.05, 0) is 6.92 Å². The number of rotatable bonds is 6. The first-order valence-electron chi connectivity index (χ1n) is 5.55. The molecule has 106 valence electrons. The van der Waals surface area contributed by atoms with Crippen LogP contribution in [0.2, 0.25) is 0 Å². The van der Waals surface area contributed by atoms with E-state index in [1.165, 1.54) is 19.1 Å². The summed E-state index contributed by atoms with van der Waals surface area (Å²) >= 11 is 0. The molecule has 0 radical (unpaired) electrons. The number of aromatic amines is 1. The number of carbonyl (C=O) groups is 2. The van der Waals surface area contributed by atoms with Crippen molar-refractivity contribution in [3.05, 3.63) is 11.6 Å². The van der Waals surface area contributed by atoms with Crippen LogP contribution in [0.1, 0.15) is 11.6 Å². The minimum atomic E-state index is -1.16. The van der Waals surface area contributed by atoms with Gasteiger partial charge in [0.15, 0.2) is 11.9 Å². The Kier molecular flexibility index (Phi) is 5.24. The average molecular weight is 271 g/mol. The number of H-pyrrole nitrogens is 1. The molecule has 0 bridgehead atoms. The zero-order valence-corrected chi connectivity index (χ0v) is 11.0. The lowest BCUT2D eigenvalue weighted by Crippen LogP contribution is -2.48. The number of hydrogen-bond donors (Lipinski definition) is 3. The number of aryl methyl sites for hydroxylation is 1. The molecule has 9 nitrogen and oxygen atoms in total. The summed E-state index contributed by atoms with van der Waals surface area (Å²) in [5.41, 5.74) is 0. The second kappa shape index (κ2) is 6.69. The maximum Gasteiger partial charge on any atom is 0.328 e. The van der Waals surface area contributed by atoms with Crippen LogP contribution < -0.4 is 5.32 Å². The summed E-state index contributed by atoms with van der Waals surface area (Å²) in [6.07, 6.45) is 0. The van der Waals surface area contributed by atoms with Gasteiger partial charge in [0.25, 0.3) is 0 Å². The number of hydrogen-bond acceptors (Lipinski definition) is 5. The molecule has 19 heavy (non-hydrogen) atoms. The zero-order chi connectivity index (χ0) is 14.4. The Bertz CT molecular complexity index is 447. The number of nitrogens with zero attached hydrogens (tertiary/aromatic N) is 3. The van der Waals surface area contributed by atoms with Crippen molar-refractivity contribution in [1.82, 2.24) is 25.4 Å². The highest BCUT2D eigenvalue weighted by atomic mass is 16.5. The largest absolute Gasteiger partial charge is 0.480 e. The second-order valence-corrected chi connectivity index (χ2v) is 3.99. The Hall–Kier alpha value is -2.16. The van der Waals surface area contributed by atoms with Gasteiger partial charge in [-0.2, -0.15) is 5.10 Å². The van der Waals surface area contributed by atoms with Gasteiger partial charge < -0.3 is 20.1 Å². The van der Waals surface area contributed by atoms with Gasteiger partial charge in [-0.3, -0.25) is 5.10 Å². The van der Waals surface area contributed by atoms with E-state index in [2.05, 4.69) is 20.5 Å². The lowest BCUT2D eigenvalue weighted by atomic mass is 10.3. The number of carboxylic acids is 1. The predicted molar refractivity (Wildman–Crippen MR) is 64.4 cm³/mol. The maximum atomic E-state index is 11.8. The number of nitrogens with one attached hydrogen (secondary N) is 2. The molecule has 2 amide bonds. The molecule has 0 aliphatic rings. The number of carbonyl (C=O) groups excluding carboxylic acids is 1. The van der Waals surface area contributed by atoms with Crippen LogP contribution in [0.15, 0.2) is 0 Å². The van der Waals surface area contributed by atoms with Gasteiger partial charge in [-0.15, -0.1) is 0 Å². The van der Waals surface area contributed by atoms with Crippen LogP contribution in [0.4, 0.5) is 4.79 Å². The van der Waals surface area contributed by atoms with E-state index < -0.39 is 18.0 Å². The molecule has 0 aliphatic heterocycles. The van der Waals surface area contributed by atoms with Gasteiger partial charge in [0.05, 0.1) is 13.2 Å². The Labute approximate surface area is 110 Å². The van der Waals surface area contributed by atoms with Gasteiger partial charge in [0.1, 0.15) is 5.82 Å². The van der Waals surface area contributed by atoms with Crippen LogP contribution >= 0.6 is 0 Å². The van der Waals surface area contributed by atoms with Gasteiger partial charge in [-0.25, -0.2) is 14.6 Å². The van der Waals surface area contributed by atoms with Crippen LogP contribution in [0.3, 0.4) is 0 Å². The number of aromatic nitrogens is 3. The lowest BCUT2D eigenvalue weighted by molar-refractivity contribution is -0.140. The molecular formula is C10H17N5O4. The fourth-order valence-electron chi connectivity index (χ4n) is 1.34. The van der Waals surface area contributed by atoms with Gasteiger partial charge in [0.2, 0.25) is 0 Å². The SMILES string of the molecule is COCC(NC(=O)N(C)Cc1n[nH]c(C)n1)C(=O)O. The molecule has 0 aliphatic carbocycles. The highest BCUT2D eigenvalue weighted by Crippen LogP contribution is 1.98. The summed E-state index contributed by atoms with van der Waals surface area (Å²) in [6.45, 7) is 1.82. The summed E-state index contributed by atoms with van der Waals surface area (Å²) in [6, 6.07) is -1.62. The summed E-state index contributed by atoms with van der Waals surface area (Å²) in [5, 5.41) is 17.8. The van der Waals surface area contributed by atoms with Crippen LogP contribution in [0, 0.1) is 6.92 Å². The smallest absolute Gasteiger partial charge is 0.328 e. The summed E-state index contributed by atoms with van der Waals surface area (Å²) < 4.78 is 4.72. The summed E-state index contributed by atoms with van der Waals surface area (Å²) in [5.74, 6) is -0.0577. The first-order valence-corrected chi connectivity index (χ1v) is 5.55. The number of aliphatic carboxylic acids is 1. The normalized spacial score (nSPS) is 11.9. The van der Waals surface area contributed by atoms with Crippen molar-refractivity contribution < 1.29 is 19.4 Å². The number of urea groups is 1. The highest BCUT2D eigenvalue weighted by molar-refractivity contribution is 5.82. The van der Waals surface area contributed by atoms with Gasteiger partial charge in [-0.1, -0.05) is 0 Å². The van der Waals surface area contributed by atoms with E-state index in [1.54, 1.807) is 6.92 Å². The summed E-state index contributed by atoms with van der Waals surface area (Å²) in [7, 11) is 2.88. The lowest BCUT2D eigenvalue weighted by Gasteiger charge is -2.19. The number of ether oxygens (including phenoxy) is 1. The fraction of sp³-hybridized carbons (Fsp3) is 0.600. The molecule has 1 aromatic rings. The molecule has 1 heterocycles. The predicted octanol–water partition coefficient (Wildman–Crippen LogP) is -0.646. The van der Waals surface area contributed by atoms with Crippen LogP contribution in [-0.2, 0) is 16.1 Å². The van der Waals surface area contributed by atoms with Crippen molar-refractivity contribution in [3.63, 3.8) is 0 Å². The topological polar surface area (TPSA) is 120 Å². The second-order valence-electron chi connectivity index (χ2n) is 3.99. The fourth-order valence-corrected chi connectivity index (χ4v) is 1.34. The van der Waals surface area contributed by atoms with Crippen LogP contribution in [0.5, 0.6) is 0 Å². The average Bonchev–Trinajstić information content (AvgIpc) is 2.73. The zero-order valence-electron chi connectivity index (χ0n) is 11.0. The minimum Gasteiger partial charge on any atom is -0.480 e. The standard InChI is InChI=1S/C10H17N5O4/c1-6-11-8(14-13-6)4-15(2)10(18)12-7(5-19-3)9(16)17/h7H,4-5H2,1-3H3,(H,12,18)(H,16,17)(H,11,13,14). The van der Waals surface area contributed by atoms with E-state index >= 15 is 0 Å². The first-order chi connectivity index (χ1) is 8.93. The van der Waals surface area contributed by atoms with Crippen molar-refractivity contribution in [2.45, 2.75) is 19.5 Å². The first kappa shape index (κ1) is 14.9. The van der Waals surface area contributed by atoms with E-state index in [0.717, 1.165) is 0 Å². The third-order valence-corrected chi connectivity index (χ3v) is 2.30. The van der Waals surface area contributed by atoms with Gasteiger partial charge >= 0.3 is 12.0 Å². The number of methoxy groups -OCH3 is 1. The molecule has 3 N–H and O–H groups in total. The molecule has 0 saturated carbocycles. The molecule has 0 aromatic carbocycles. The molecule has 0 spiro atoms. The molecule has 0 fully saturated rings. The van der Waals surface area contributed by atoms with Crippen molar-refractivity contribution in [1.29, 1.82) is 0 Å². The monoisotopic (exact) mass is 271 g/mol. The molecular weight excluding hydrogens is 254 g/mol. The van der Waals surface area contributed by atoms with E-state index in [1.807, 2.05) is 0 Å². The Morgan fingerprint density at radius 1 is 1.58 bits per heavy atom. The van der Waals surface area contributed by atoms with Crippen molar-refractivity contribution in [2.24, 2.45) is 0 Å². The molecule has 1 atom stereocenters. The minimum absolute atomic E-state index is 0.103. The molecule has 0 saturated heterocycles. The Morgan fingerprint density at radius 3 is 2.74 bits per heavy atom. The molecule has 1 aromatic heterocycles. The van der Waals surface area contributed by atoms with E-state index in [4.69, 9.17) is 9.84 Å². The maximum absolute atomic E-state index is 11.8. The quantitative estimate of drug-likeness (QED) is 0.632. The summed E-state index contributed by atoms with van der Waals surface area (Å²) in [4.78, 5) is 28.0. The van der Waals surface area contributed by atoms with E-state index in [0.29, 0.717) is 11.6 Å². The van der Waals surface area contributed by atoms with Gasteiger partial charge in [0, 0.05) is 14.2 Å². The van der Waals surface area contributed by atoms with Crippen LogP contribution in [0.25, 0.3) is 0 Å². The highest BCUT2D eigenvalue weighted by Gasteiger charge is 2.22. The van der Waals surface area contributed by atoms with Crippen molar-refractivity contribution in [3.8, 4) is 0 Å². The molecule has 9 heteroatoms.